The van der Waals surface area contributed by atoms with Crippen molar-refractivity contribution in [3.05, 3.63) is 23.2 Å². The highest BCUT2D eigenvalue weighted by Crippen LogP contribution is 2.30. The summed E-state index contributed by atoms with van der Waals surface area (Å²) in [5, 5.41) is 5.83. The highest BCUT2D eigenvalue weighted by Gasteiger charge is 2.37. The zero-order chi connectivity index (χ0) is 19.1. The Morgan fingerprint density at radius 3 is 2.93 bits per heavy atom. The number of anilines is 1. The second kappa shape index (κ2) is 6.73. The van der Waals surface area contributed by atoms with E-state index >= 15 is 0 Å². The summed E-state index contributed by atoms with van der Waals surface area (Å²) in [4.78, 5) is 54.0. The Bertz CT molecular complexity index is 969. The van der Waals surface area contributed by atoms with Gasteiger partial charge < -0.3 is 10.2 Å². The molecule has 0 spiro atoms. The van der Waals surface area contributed by atoms with Crippen LogP contribution in [0.1, 0.15) is 24.3 Å². The maximum Gasteiger partial charge on any atom is 0.249 e. The van der Waals surface area contributed by atoms with Crippen LogP contribution >= 0.6 is 11.3 Å². The molecule has 2 fully saturated rings. The lowest BCUT2D eigenvalue weighted by molar-refractivity contribution is -0.138. The van der Waals surface area contributed by atoms with Gasteiger partial charge in [0.15, 0.2) is 0 Å². The number of imide groups is 1. The summed E-state index contributed by atoms with van der Waals surface area (Å²) >= 11 is 1.59. The van der Waals surface area contributed by atoms with Crippen LogP contribution in [-0.4, -0.2) is 41.2 Å². The molecule has 4 amide bonds. The first-order valence-electron chi connectivity index (χ1n) is 8.72. The van der Waals surface area contributed by atoms with E-state index in [1.54, 1.807) is 16.2 Å². The highest BCUT2D eigenvalue weighted by atomic mass is 32.1. The molecule has 0 saturated carbocycles. The fourth-order valence-corrected chi connectivity index (χ4v) is 4.26. The van der Waals surface area contributed by atoms with Gasteiger partial charge >= 0.3 is 0 Å². The van der Waals surface area contributed by atoms with E-state index in [9.17, 15) is 19.2 Å². The van der Waals surface area contributed by atoms with Gasteiger partial charge in [-0.15, -0.1) is 11.3 Å². The van der Waals surface area contributed by atoms with Crippen molar-refractivity contribution in [1.29, 1.82) is 0 Å². The maximum absolute atomic E-state index is 12.5. The van der Waals surface area contributed by atoms with E-state index in [2.05, 4.69) is 15.6 Å². The molecule has 9 heteroatoms. The van der Waals surface area contributed by atoms with E-state index in [4.69, 9.17) is 0 Å². The Labute approximate surface area is 158 Å². The lowest BCUT2D eigenvalue weighted by Crippen LogP contribution is -2.53. The second-order valence-electron chi connectivity index (χ2n) is 6.80. The third-order valence-corrected chi connectivity index (χ3v) is 5.79. The number of fused-ring (bicyclic) bond motifs is 1. The van der Waals surface area contributed by atoms with E-state index in [-0.39, 0.29) is 43.5 Å². The van der Waals surface area contributed by atoms with Gasteiger partial charge in [-0.05, 0) is 31.5 Å². The summed E-state index contributed by atoms with van der Waals surface area (Å²) in [6, 6.07) is 4.92. The molecular weight excluding hydrogens is 368 g/mol. The molecule has 2 aliphatic rings. The van der Waals surface area contributed by atoms with Gasteiger partial charge in [-0.25, -0.2) is 4.98 Å². The van der Waals surface area contributed by atoms with Gasteiger partial charge in [0, 0.05) is 25.1 Å². The molecule has 8 nitrogen and oxygen atoms in total. The number of nitrogens with one attached hydrogen (secondary N) is 2. The van der Waals surface area contributed by atoms with Crippen molar-refractivity contribution < 1.29 is 19.2 Å². The minimum absolute atomic E-state index is 0.0905. The summed E-state index contributed by atoms with van der Waals surface area (Å²) in [5.41, 5.74) is 1.55. The first-order chi connectivity index (χ1) is 12.9. The van der Waals surface area contributed by atoms with Gasteiger partial charge in [0.25, 0.3) is 0 Å². The first-order valence-corrected chi connectivity index (χ1v) is 9.54. The molecule has 0 aliphatic carbocycles. The van der Waals surface area contributed by atoms with Gasteiger partial charge in [0.1, 0.15) is 6.04 Å². The average molecular weight is 386 g/mol. The van der Waals surface area contributed by atoms with Crippen LogP contribution in [0, 0.1) is 12.8 Å². The molecule has 2 saturated heterocycles. The fraction of sp³-hybridized carbons (Fsp3) is 0.389. The summed E-state index contributed by atoms with van der Waals surface area (Å²) in [6.45, 7) is 2.19. The van der Waals surface area contributed by atoms with Gasteiger partial charge in [0.2, 0.25) is 23.6 Å². The molecule has 3 heterocycles. The number of hydrogen-bond donors (Lipinski definition) is 2. The van der Waals surface area contributed by atoms with Gasteiger partial charge in [-0.3, -0.25) is 24.5 Å². The largest absolute Gasteiger partial charge is 0.344 e. The highest BCUT2D eigenvalue weighted by molar-refractivity contribution is 7.18. The molecule has 0 bridgehead atoms. The molecule has 0 radical (unpaired) electrons. The van der Waals surface area contributed by atoms with Gasteiger partial charge in [0.05, 0.1) is 21.1 Å². The third-order valence-electron chi connectivity index (χ3n) is 4.84. The van der Waals surface area contributed by atoms with Gasteiger partial charge in [-0.2, -0.15) is 0 Å². The predicted octanol–water partition coefficient (Wildman–Crippen LogP) is 0.879. The molecule has 2 atom stereocenters. The number of thiazole rings is 1. The number of piperidine rings is 1. The molecule has 2 aromatic rings. The van der Waals surface area contributed by atoms with E-state index in [0.717, 1.165) is 15.2 Å². The lowest BCUT2D eigenvalue weighted by Gasteiger charge is -2.23. The summed E-state index contributed by atoms with van der Waals surface area (Å²) < 4.78 is 1.05. The molecule has 2 N–H and O–H groups in total. The number of carbonyl (C=O) groups excluding carboxylic acids is 4. The monoisotopic (exact) mass is 386 g/mol. The fourth-order valence-electron chi connectivity index (χ4n) is 3.45. The Kier molecular flexibility index (Phi) is 4.39. The van der Waals surface area contributed by atoms with Crippen LogP contribution in [-0.2, 0) is 19.2 Å². The number of rotatable bonds is 3. The number of hydrogen-bond acceptors (Lipinski definition) is 6. The van der Waals surface area contributed by atoms with Crippen molar-refractivity contribution in [2.24, 2.45) is 5.92 Å². The van der Waals surface area contributed by atoms with E-state index in [1.807, 2.05) is 25.1 Å². The minimum atomic E-state index is -0.728. The van der Waals surface area contributed by atoms with Gasteiger partial charge in [-0.1, -0.05) is 0 Å². The van der Waals surface area contributed by atoms with Crippen molar-refractivity contribution in [2.75, 3.05) is 11.4 Å². The van der Waals surface area contributed by atoms with Crippen LogP contribution in [0.25, 0.3) is 10.2 Å². The minimum Gasteiger partial charge on any atom is -0.344 e. The number of aryl methyl sites for hydroxylation is 1. The van der Waals surface area contributed by atoms with E-state index < -0.39 is 17.9 Å². The SMILES string of the molecule is Cc1nc2cc(N3CC(C(=O)NC4CCC(=O)NC4=O)CC3=O)ccc2s1. The molecule has 4 rings (SSSR count). The molecule has 140 valence electrons. The normalized spacial score (nSPS) is 23.0. The maximum atomic E-state index is 12.5. The van der Waals surface area contributed by atoms with Crippen LogP contribution in [0.4, 0.5) is 5.69 Å². The number of nitrogens with zero attached hydrogens (tertiary/aromatic N) is 2. The van der Waals surface area contributed by atoms with E-state index in [0.29, 0.717) is 5.69 Å². The topological polar surface area (TPSA) is 108 Å². The average Bonchev–Trinajstić information content (AvgIpc) is 3.18. The standard InChI is InChI=1S/C18H18N4O4S/c1-9-19-13-7-11(2-4-14(13)27-9)22-8-10(6-16(22)24)17(25)20-12-3-5-15(23)21-18(12)26/h2,4,7,10,12H,3,5-6,8H2,1H3,(H,20,25)(H,21,23,26). The van der Waals surface area contributed by atoms with Crippen molar-refractivity contribution >= 4 is 50.9 Å². The number of amides is 4. The Morgan fingerprint density at radius 1 is 1.33 bits per heavy atom. The van der Waals surface area contributed by atoms with Crippen molar-refractivity contribution in [2.45, 2.75) is 32.2 Å². The second-order valence-corrected chi connectivity index (χ2v) is 8.04. The van der Waals surface area contributed by atoms with Crippen molar-refractivity contribution in [3.8, 4) is 0 Å². The lowest BCUT2D eigenvalue weighted by atomic mass is 10.0. The van der Waals surface area contributed by atoms with Crippen LogP contribution in [0.5, 0.6) is 0 Å². The molecular formula is C18H18N4O4S. The number of carbonyl (C=O) groups is 4. The molecule has 1 aromatic heterocycles. The Balaban J connectivity index is 1.45. The predicted molar refractivity (Wildman–Crippen MR) is 99.1 cm³/mol. The molecule has 2 unspecified atom stereocenters. The molecule has 1 aromatic carbocycles. The van der Waals surface area contributed by atoms with Crippen molar-refractivity contribution in [1.82, 2.24) is 15.6 Å². The summed E-state index contributed by atoms with van der Waals surface area (Å²) in [7, 11) is 0. The zero-order valence-electron chi connectivity index (χ0n) is 14.7. The summed E-state index contributed by atoms with van der Waals surface area (Å²) in [5.74, 6) is -1.84. The van der Waals surface area contributed by atoms with Crippen LogP contribution < -0.4 is 15.5 Å². The third kappa shape index (κ3) is 3.42. The summed E-state index contributed by atoms with van der Waals surface area (Å²) in [6.07, 6.45) is 0.563. The zero-order valence-corrected chi connectivity index (χ0v) is 15.5. The van der Waals surface area contributed by atoms with Crippen molar-refractivity contribution in [3.63, 3.8) is 0 Å². The van der Waals surface area contributed by atoms with Crippen LogP contribution in [0.2, 0.25) is 0 Å². The number of benzene rings is 1. The first kappa shape index (κ1) is 17.6. The smallest absolute Gasteiger partial charge is 0.249 e. The molecule has 2 aliphatic heterocycles. The van der Waals surface area contributed by atoms with Crippen LogP contribution in [0.3, 0.4) is 0 Å². The van der Waals surface area contributed by atoms with Crippen LogP contribution in [0.15, 0.2) is 18.2 Å². The van der Waals surface area contributed by atoms with E-state index in [1.165, 1.54) is 0 Å². The number of aromatic nitrogens is 1. The Morgan fingerprint density at radius 2 is 2.15 bits per heavy atom. The quantitative estimate of drug-likeness (QED) is 0.761. The molecule has 27 heavy (non-hydrogen) atoms. The Hall–Kier alpha value is -2.81.